The summed E-state index contributed by atoms with van der Waals surface area (Å²) in [6.45, 7) is 2.67. The van der Waals surface area contributed by atoms with Gasteiger partial charge in [0.25, 0.3) is 0 Å². The second kappa shape index (κ2) is 6.51. The number of carbonyl (C=O) groups is 1. The summed E-state index contributed by atoms with van der Waals surface area (Å²) in [5, 5.41) is 7.20. The summed E-state index contributed by atoms with van der Waals surface area (Å²) < 4.78 is 5.40. The number of aryl methyl sites for hydroxylation is 1. The topological polar surface area (TPSA) is 58.4 Å². The molecule has 5 nitrogen and oxygen atoms in total. The average molecular weight is 343 g/mol. The number of hydrogen-bond acceptors (Lipinski definition) is 4. The number of rotatable bonds is 2. The molecular formula is C18H21N3O2S. The quantitative estimate of drug-likeness (QED) is 0.893. The predicted octanol–water partition coefficient (Wildman–Crippen LogP) is 4.07. The molecule has 1 fully saturated rings. The van der Waals surface area contributed by atoms with Gasteiger partial charge in [-0.3, -0.25) is 0 Å². The van der Waals surface area contributed by atoms with Gasteiger partial charge < -0.3 is 14.7 Å². The van der Waals surface area contributed by atoms with E-state index in [0.29, 0.717) is 0 Å². The molecule has 2 atom stereocenters. The van der Waals surface area contributed by atoms with Crippen LogP contribution in [-0.2, 0) is 0 Å². The normalized spacial score (nSPS) is 23.1. The van der Waals surface area contributed by atoms with Gasteiger partial charge in [-0.15, -0.1) is 11.8 Å². The van der Waals surface area contributed by atoms with Crippen molar-refractivity contribution in [1.29, 1.82) is 0 Å². The van der Waals surface area contributed by atoms with Crippen LogP contribution in [-0.4, -0.2) is 28.4 Å². The van der Waals surface area contributed by atoms with Crippen LogP contribution in [0.5, 0.6) is 0 Å². The number of nitrogens with one attached hydrogen (secondary N) is 1. The number of benzene rings is 1. The Morgan fingerprint density at radius 1 is 1.38 bits per heavy atom. The molecule has 1 N–H and O–H groups in total. The van der Waals surface area contributed by atoms with Crippen molar-refractivity contribution in [3.63, 3.8) is 0 Å². The van der Waals surface area contributed by atoms with E-state index in [2.05, 4.69) is 28.7 Å². The number of likely N-dealkylation sites (tertiary alicyclic amines) is 1. The first kappa shape index (κ1) is 15.6. The number of thioether (sulfide) groups is 1. The van der Waals surface area contributed by atoms with Crippen molar-refractivity contribution in [2.24, 2.45) is 0 Å². The van der Waals surface area contributed by atoms with Crippen molar-refractivity contribution >= 4 is 17.8 Å². The number of nitrogens with zero attached hydrogens (tertiary/aromatic N) is 2. The average Bonchev–Trinajstić information content (AvgIpc) is 3.24. The van der Waals surface area contributed by atoms with Crippen LogP contribution in [0.3, 0.4) is 0 Å². The van der Waals surface area contributed by atoms with Crippen molar-refractivity contribution in [1.82, 2.24) is 15.4 Å². The van der Waals surface area contributed by atoms with E-state index in [4.69, 9.17) is 4.52 Å². The van der Waals surface area contributed by atoms with E-state index in [1.54, 1.807) is 0 Å². The van der Waals surface area contributed by atoms with Gasteiger partial charge in [0.15, 0.2) is 5.76 Å². The van der Waals surface area contributed by atoms with Gasteiger partial charge >= 0.3 is 6.03 Å². The highest BCUT2D eigenvalue weighted by Gasteiger charge is 2.34. The second-order valence-corrected chi connectivity index (χ2v) is 7.54. The van der Waals surface area contributed by atoms with Gasteiger partial charge in [0.1, 0.15) is 0 Å². The summed E-state index contributed by atoms with van der Waals surface area (Å²) in [6.07, 6.45) is 2.89. The predicted molar refractivity (Wildman–Crippen MR) is 93.0 cm³/mol. The van der Waals surface area contributed by atoms with E-state index >= 15 is 0 Å². The summed E-state index contributed by atoms with van der Waals surface area (Å²) in [7, 11) is 0. The van der Waals surface area contributed by atoms with E-state index in [1.807, 2.05) is 35.7 Å². The Bertz CT molecular complexity index is 745. The van der Waals surface area contributed by atoms with Gasteiger partial charge in [-0.2, -0.15) is 0 Å². The van der Waals surface area contributed by atoms with Crippen LogP contribution in [0.2, 0.25) is 0 Å². The van der Waals surface area contributed by atoms with Gasteiger partial charge in [0.05, 0.1) is 17.8 Å². The Hall–Kier alpha value is -1.95. The van der Waals surface area contributed by atoms with E-state index < -0.39 is 0 Å². The molecule has 2 unspecified atom stereocenters. The minimum atomic E-state index is -0.00161. The second-order valence-electron chi connectivity index (χ2n) is 6.40. The van der Waals surface area contributed by atoms with Crippen LogP contribution in [0.4, 0.5) is 4.79 Å². The standard InChI is InChI=1S/C18H21N3O2S/c1-12-11-16(23-20-12)15-6-4-9-21(15)18(22)19-14-8-10-24-17-7-3-2-5-13(14)17/h2-3,5,7,11,14-15H,4,6,8-10H2,1H3,(H,19,22). The lowest BCUT2D eigenvalue weighted by molar-refractivity contribution is 0.178. The molecule has 4 rings (SSSR count). The van der Waals surface area contributed by atoms with Crippen molar-refractivity contribution in [3.05, 3.63) is 47.3 Å². The molecular weight excluding hydrogens is 322 g/mol. The summed E-state index contributed by atoms with van der Waals surface area (Å²) in [5.74, 6) is 1.83. The maximum Gasteiger partial charge on any atom is 0.318 e. The molecule has 2 aliphatic rings. The molecule has 0 bridgehead atoms. The van der Waals surface area contributed by atoms with Gasteiger partial charge in [-0.1, -0.05) is 23.4 Å². The molecule has 1 saturated heterocycles. The van der Waals surface area contributed by atoms with E-state index in [1.165, 1.54) is 10.5 Å². The fourth-order valence-corrected chi connectivity index (χ4v) is 4.70. The van der Waals surface area contributed by atoms with Crippen LogP contribution < -0.4 is 5.32 Å². The molecule has 6 heteroatoms. The molecule has 24 heavy (non-hydrogen) atoms. The molecule has 126 valence electrons. The monoisotopic (exact) mass is 343 g/mol. The summed E-state index contributed by atoms with van der Waals surface area (Å²) >= 11 is 1.86. The van der Waals surface area contributed by atoms with Crippen LogP contribution in [0.1, 0.15) is 48.4 Å². The van der Waals surface area contributed by atoms with Crippen LogP contribution in [0.25, 0.3) is 0 Å². The molecule has 1 aromatic heterocycles. The molecule has 0 radical (unpaired) electrons. The van der Waals surface area contributed by atoms with Crippen molar-refractivity contribution in [2.75, 3.05) is 12.3 Å². The van der Waals surface area contributed by atoms with Gasteiger partial charge in [0, 0.05) is 23.3 Å². The van der Waals surface area contributed by atoms with Crippen LogP contribution in [0, 0.1) is 6.92 Å². The van der Waals surface area contributed by atoms with Crippen molar-refractivity contribution in [2.45, 2.75) is 43.2 Å². The zero-order valence-corrected chi connectivity index (χ0v) is 14.5. The largest absolute Gasteiger partial charge is 0.359 e. The van der Waals surface area contributed by atoms with Crippen molar-refractivity contribution < 1.29 is 9.32 Å². The highest BCUT2D eigenvalue weighted by molar-refractivity contribution is 7.99. The number of carbonyl (C=O) groups excluding carboxylic acids is 1. The maximum absolute atomic E-state index is 12.9. The Morgan fingerprint density at radius 2 is 2.25 bits per heavy atom. The molecule has 0 aliphatic carbocycles. The maximum atomic E-state index is 12.9. The zero-order chi connectivity index (χ0) is 16.5. The lowest BCUT2D eigenvalue weighted by Crippen LogP contribution is -2.41. The molecule has 1 aromatic carbocycles. The minimum absolute atomic E-state index is 0.000547. The lowest BCUT2D eigenvalue weighted by atomic mass is 10.0. The lowest BCUT2D eigenvalue weighted by Gasteiger charge is -2.30. The smallest absolute Gasteiger partial charge is 0.318 e. The number of urea groups is 1. The fraction of sp³-hybridized carbons (Fsp3) is 0.444. The Morgan fingerprint density at radius 3 is 3.08 bits per heavy atom. The minimum Gasteiger partial charge on any atom is -0.359 e. The third kappa shape index (κ3) is 2.90. The van der Waals surface area contributed by atoms with E-state index in [-0.39, 0.29) is 18.1 Å². The molecule has 0 spiro atoms. The van der Waals surface area contributed by atoms with Crippen molar-refractivity contribution in [3.8, 4) is 0 Å². The molecule has 2 amide bonds. The van der Waals surface area contributed by atoms with E-state index in [9.17, 15) is 4.79 Å². The van der Waals surface area contributed by atoms with E-state index in [0.717, 1.165) is 43.0 Å². The van der Waals surface area contributed by atoms with Gasteiger partial charge in [0.2, 0.25) is 0 Å². The molecule has 2 aromatic rings. The highest BCUT2D eigenvalue weighted by Crippen LogP contribution is 2.37. The highest BCUT2D eigenvalue weighted by atomic mass is 32.2. The van der Waals surface area contributed by atoms with Crippen LogP contribution >= 0.6 is 11.8 Å². The van der Waals surface area contributed by atoms with Gasteiger partial charge in [-0.05, 0) is 37.8 Å². The number of hydrogen-bond donors (Lipinski definition) is 1. The third-order valence-electron chi connectivity index (χ3n) is 4.74. The summed E-state index contributed by atoms with van der Waals surface area (Å²) in [6, 6.07) is 10.4. The first-order valence-electron chi connectivity index (χ1n) is 8.44. The Labute approximate surface area is 145 Å². The molecule has 3 heterocycles. The number of fused-ring (bicyclic) bond motifs is 1. The first-order chi connectivity index (χ1) is 11.7. The Kier molecular flexibility index (Phi) is 4.22. The Balaban J connectivity index is 1.50. The van der Waals surface area contributed by atoms with Gasteiger partial charge in [-0.25, -0.2) is 4.79 Å². The fourth-order valence-electron chi connectivity index (χ4n) is 3.57. The summed E-state index contributed by atoms with van der Waals surface area (Å²) in [4.78, 5) is 16.0. The molecule has 0 saturated carbocycles. The molecule has 2 aliphatic heterocycles. The SMILES string of the molecule is Cc1cc(C2CCCN2C(=O)NC2CCSc3ccccc32)on1. The van der Waals surface area contributed by atoms with Crippen LogP contribution in [0.15, 0.2) is 39.8 Å². The summed E-state index contributed by atoms with van der Waals surface area (Å²) in [5.41, 5.74) is 2.09. The first-order valence-corrected chi connectivity index (χ1v) is 9.43. The number of aromatic nitrogens is 1. The zero-order valence-electron chi connectivity index (χ0n) is 13.7. The number of amides is 2. The third-order valence-corrected chi connectivity index (χ3v) is 5.87.